The largest absolute Gasteiger partial charge is 0.326 e. The number of hydrogen-bond donors (Lipinski definition) is 0. The smallest absolute Gasteiger partial charge is 0.160 e. The number of para-hydroxylation sites is 4. The third-order valence-electron chi connectivity index (χ3n) is 13.2. The van der Waals surface area contributed by atoms with E-state index >= 15 is 0 Å². The zero-order valence-electron chi connectivity index (χ0n) is 35.1. The second kappa shape index (κ2) is 14.1. The van der Waals surface area contributed by atoms with Crippen molar-refractivity contribution in [3.05, 3.63) is 215 Å². The van der Waals surface area contributed by atoms with Crippen LogP contribution in [0.4, 0.5) is 0 Å². The van der Waals surface area contributed by atoms with E-state index in [2.05, 4.69) is 132 Å². The van der Waals surface area contributed by atoms with E-state index in [0.717, 1.165) is 78.7 Å². The van der Waals surface area contributed by atoms with Crippen molar-refractivity contribution in [3.63, 3.8) is 0 Å². The van der Waals surface area contributed by atoms with Gasteiger partial charge in [-0.25, -0.2) is 29.9 Å². The lowest BCUT2D eigenvalue weighted by Gasteiger charge is -2.42. The molecule has 2 bridgehead atoms. The molecule has 3 aliphatic carbocycles. The van der Waals surface area contributed by atoms with Gasteiger partial charge in [-0.15, -0.1) is 0 Å². The van der Waals surface area contributed by atoms with Crippen LogP contribution in [-0.2, 0) is 14.1 Å². The standard InChI is InChI=1S/C56H38N8/c1-63-49-23-13-11-21-43(49)61-55(63)47-31-45(57-53(59-47)33-15-5-3-6-16-33)35-25-27-39-41(29-35)51-37-19-9-10-20-38(37)52(39)42-30-36(26-28-40(42)51)46-32-48(60-54(58-46)34-17-7-4-8-18-34)56-62-44-22-12-14-24-50(44)64(56)2/h3-32,51-52H,1-2H3. The van der Waals surface area contributed by atoms with Gasteiger partial charge >= 0.3 is 0 Å². The Morgan fingerprint density at radius 3 is 1.12 bits per heavy atom. The summed E-state index contributed by atoms with van der Waals surface area (Å²) < 4.78 is 4.24. The molecule has 11 aromatic rings. The Morgan fingerprint density at radius 2 is 0.688 bits per heavy atom. The first-order chi connectivity index (χ1) is 31.5. The van der Waals surface area contributed by atoms with Crippen molar-refractivity contribution < 1.29 is 0 Å². The van der Waals surface area contributed by atoms with Gasteiger partial charge in [0.15, 0.2) is 23.3 Å². The Labute approximate surface area is 369 Å². The third-order valence-corrected chi connectivity index (χ3v) is 13.2. The van der Waals surface area contributed by atoms with E-state index in [9.17, 15) is 0 Å². The molecular formula is C56H38N8. The van der Waals surface area contributed by atoms with Crippen LogP contribution < -0.4 is 0 Å². The minimum Gasteiger partial charge on any atom is -0.326 e. The zero-order chi connectivity index (χ0) is 42.5. The molecular weight excluding hydrogens is 785 g/mol. The van der Waals surface area contributed by atoms with Crippen molar-refractivity contribution >= 4 is 22.1 Å². The van der Waals surface area contributed by atoms with Crippen molar-refractivity contribution in [2.24, 2.45) is 14.1 Å². The Kier molecular flexibility index (Phi) is 7.99. The van der Waals surface area contributed by atoms with Gasteiger partial charge in [0.25, 0.3) is 0 Å². The molecule has 8 heteroatoms. The molecule has 7 aromatic carbocycles. The summed E-state index contributed by atoms with van der Waals surface area (Å²) in [6.45, 7) is 0. The van der Waals surface area contributed by atoms with Gasteiger partial charge < -0.3 is 9.13 Å². The number of benzene rings is 7. The number of fused-ring (bicyclic) bond motifs is 2. The molecule has 8 nitrogen and oxygen atoms in total. The van der Waals surface area contributed by atoms with Gasteiger partial charge in [-0.1, -0.05) is 133 Å². The van der Waals surface area contributed by atoms with E-state index < -0.39 is 0 Å². The molecule has 0 spiro atoms. The minimum atomic E-state index is 0.0516. The van der Waals surface area contributed by atoms with Crippen molar-refractivity contribution in [2.45, 2.75) is 11.8 Å². The topological polar surface area (TPSA) is 87.2 Å². The fraction of sp³-hybridized carbons (Fsp3) is 0.0714. The van der Waals surface area contributed by atoms with E-state index in [1.54, 1.807) is 0 Å². The summed E-state index contributed by atoms with van der Waals surface area (Å²) in [5.74, 6) is 3.05. The van der Waals surface area contributed by atoms with Crippen LogP contribution in [0.25, 0.3) is 90.4 Å². The molecule has 0 N–H and O–H groups in total. The maximum Gasteiger partial charge on any atom is 0.160 e. The Hall–Kier alpha value is -8.36. The van der Waals surface area contributed by atoms with Gasteiger partial charge in [-0.05, 0) is 81.9 Å². The summed E-state index contributed by atoms with van der Waals surface area (Å²) in [6, 6.07) is 63.9. The van der Waals surface area contributed by atoms with E-state index in [1.807, 2.05) is 72.8 Å². The zero-order valence-corrected chi connectivity index (χ0v) is 35.1. The number of nitrogens with zero attached hydrogens (tertiary/aromatic N) is 8. The monoisotopic (exact) mass is 822 g/mol. The molecule has 3 aliphatic rings. The maximum absolute atomic E-state index is 5.24. The molecule has 2 atom stereocenters. The quantitative estimate of drug-likeness (QED) is 0.166. The lowest BCUT2D eigenvalue weighted by molar-refractivity contribution is 0.755. The molecule has 4 heterocycles. The van der Waals surface area contributed by atoms with Gasteiger partial charge in [-0.3, -0.25) is 0 Å². The van der Waals surface area contributed by atoms with Crippen LogP contribution in [0.1, 0.15) is 45.2 Å². The van der Waals surface area contributed by atoms with Crippen molar-refractivity contribution in [1.29, 1.82) is 0 Å². The summed E-state index contributed by atoms with van der Waals surface area (Å²) in [5, 5.41) is 0. The van der Waals surface area contributed by atoms with Crippen LogP contribution in [-0.4, -0.2) is 39.0 Å². The molecule has 0 amide bonds. The fourth-order valence-corrected chi connectivity index (χ4v) is 10.1. The molecule has 0 aliphatic heterocycles. The second-order valence-corrected chi connectivity index (χ2v) is 16.8. The summed E-state index contributed by atoms with van der Waals surface area (Å²) in [6.07, 6.45) is 0. The highest BCUT2D eigenvalue weighted by molar-refractivity contribution is 5.83. The number of aryl methyl sites for hydroxylation is 2. The molecule has 0 saturated carbocycles. The molecule has 0 fully saturated rings. The molecule has 64 heavy (non-hydrogen) atoms. The lowest BCUT2D eigenvalue weighted by Crippen LogP contribution is -2.27. The summed E-state index contributed by atoms with van der Waals surface area (Å²) >= 11 is 0. The normalized spacial score (nSPS) is 14.7. The highest BCUT2D eigenvalue weighted by Gasteiger charge is 2.41. The van der Waals surface area contributed by atoms with Crippen molar-refractivity contribution in [2.75, 3.05) is 0 Å². The van der Waals surface area contributed by atoms with E-state index in [4.69, 9.17) is 29.9 Å². The molecule has 2 unspecified atom stereocenters. The lowest BCUT2D eigenvalue weighted by atomic mass is 9.60. The van der Waals surface area contributed by atoms with Crippen molar-refractivity contribution in [3.8, 4) is 68.3 Å². The van der Waals surface area contributed by atoms with Crippen LogP contribution >= 0.6 is 0 Å². The van der Waals surface area contributed by atoms with Gasteiger partial charge in [0, 0.05) is 48.2 Å². The molecule has 0 saturated heterocycles. The Morgan fingerprint density at radius 1 is 0.312 bits per heavy atom. The number of hydrogen-bond acceptors (Lipinski definition) is 6. The fourth-order valence-electron chi connectivity index (χ4n) is 10.1. The van der Waals surface area contributed by atoms with E-state index in [-0.39, 0.29) is 11.8 Å². The van der Waals surface area contributed by atoms with Gasteiger partial charge in [0.05, 0.1) is 33.5 Å². The van der Waals surface area contributed by atoms with E-state index in [0.29, 0.717) is 11.6 Å². The highest BCUT2D eigenvalue weighted by Crippen LogP contribution is 2.56. The average molecular weight is 823 g/mol. The molecule has 14 rings (SSSR count). The number of aromatic nitrogens is 8. The van der Waals surface area contributed by atoms with Crippen LogP contribution in [0.5, 0.6) is 0 Å². The van der Waals surface area contributed by atoms with Crippen molar-refractivity contribution in [1.82, 2.24) is 39.0 Å². The summed E-state index contributed by atoms with van der Waals surface area (Å²) in [7, 11) is 4.11. The first kappa shape index (κ1) is 36.3. The first-order valence-corrected chi connectivity index (χ1v) is 21.6. The maximum atomic E-state index is 5.24. The summed E-state index contributed by atoms with van der Waals surface area (Å²) in [5.41, 5.74) is 19.2. The van der Waals surface area contributed by atoms with Gasteiger partial charge in [0.1, 0.15) is 11.4 Å². The van der Waals surface area contributed by atoms with Crippen LogP contribution in [0.3, 0.4) is 0 Å². The average Bonchev–Trinajstić information content (AvgIpc) is 3.89. The van der Waals surface area contributed by atoms with Gasteiger partial charge in [-0.2, -0.15) is 0 Å². The highest BCUT2D eigenvalue weighted by atomic mass is 15.1. The Balaban J connectivity index is 0.949. The third kappa shape index (κ3) is 5.62. The minimum absolute atomic E-state index is 0.0516. The molecule has 0 radical (unpaired) electrons. The first-order valence-electron chi connectivity index (χ1n) is 21.6. The van der Waals surface area contributed by atoms with Gasteiger partial charge in [0.2, 0.25) is 0 Å². The SMILES string of the molecule is Cn1c(-c2cc(-c3ccc4c(c3)C3c5ccccc5C4c4cc(-c5cc(-c6nc7ccccc7n6C)nc(-c6ccccc6)n5)ccc43)nc(-c3ccccc3)n2)nc2ccccc21. The second-order valence-electron chi connectivity index (χ2n) is 16.8. The molecule has 4 aromatic heterocycles. The van der Waals surface area contributed by atoms with Crippen LogP contribution in [0, 0.1) is 0 Å². The Bertz CT molecular complexity index is 3420. The number of rotatable bonds is 6. The summed E-state index contributed by atoms with van der Waals surface area (Å²) in [4.78, 5) is 30.8. The predicted octanol–water partition coefficient (Wildman–Crippen LogP) is 12.0. The molecule has 302 valence electrons. The van der Waals surface area contributed by atoms with Crippen LogP contribution in [0.2, 0.25) is 0 Å². The van der Waals surface area contributed by atoms with Crippen LogP contribution in [0.15, 0.2) is 182 Å². The predicted molar refractivity (Wildman–Crippen MR) is 254 cm³/mol. The number of imidazole rings is 2. The van der Waals surface area contributed by atoms with E-state index in [1.165, 1.54) is 33.4 Å².